The second kappa shape index (κ2) is 53.8. The summed E-state index contributed by atoms with van der Waals surface area (Å²) in [4.78, 5) is 26.3. The first kappa shape index (κ1) is 63.8. The van der Waals surface area contributed by atoms with Crippen LogP contribution in [0.25, 0.3) is 0 Å². The monoisotopic (exact) mass is 926 g/mol. The van der Waals surface area contributed by atoms with Gasteiger partial charge in [-0.1, -0.05) is 243 Å². The van der Waals surface area contributed by atoms with Crippen LogP contribution in [0.5, 0.6) is 0 Å². The third-order valence-corrected chi connectivity index (χ3v) is 13.1. The Morgan fingerprint density at radius 2 is 0.773 bits per heavy atom. The molecule has 6 nitrogen and oxygen atoms in total. The van der Waals surface area contributed by atoms with Gasteiger partial charge in [-0.2, -0.15) is 0 Å². The molecule has 0 bridgehead atoms. The molecule has 386 valence electrons. The highest BCUT2D eigenvalue weighted by Gasteiger charge is 2.24. The number of hydrogen-bond donors (Lipinski definition) is 3. The third kappa shape index (κ3) is 48.3. The Morgan fingerprint density at radius 1 is 0.439 bits per heavy atom. The van der Waals surface area contributed by atoms with Crippen LogP contribution >= 0.6 is 0 Å². The van der Waals surface area contributed by atoms with Gasteiger partial charge in [0.15, 0.2) is 0 Å². The van der Waals surface area contributed by atoms with Gasteiger partial charge in [0.25, 0.3) is 0 Å². The molecule has 0 aromatic carbocycles. The van der Waals surface area contributed by atoms with Crippen molar-refractivity contribution >= 4 is 11.9 Å². The second-order valence-electron chi connectivity index (χ2n) is 19.7. The molecule has 0 spiro atoms. The van der Waals surface area contributed by atoms with E-state index in [1.165, 1.54) is 167 Å². The number of amides is 1. The molecule has 3 N–H and O–H groups in total. The molecule has 66 heavy (non-hydrogen) atoms. The number of allylic oxidation sites excluding steroid dienone is 8. The maximum absolute atomic E-state index is 13.3. The molecule has 0 rings (SSSR count). The van der Waals surface area contributed by atoms with Gasteiger partial charge in [-0.15, -0.1) is 0 Å². The molecule has 0 aliphatic heterocycles. The summed E-state index contributed by atoms with van der Waals surface area (Å²) in [6.07, 6.45) is 66.0. The fraction of sp³-hybridized carbons (Fsp3) is 0.833. The van der Waals surface area contributed by atoms with Crippen molar-refractivity contribution in [2.24, 2.45) is 0 Å². The van der Waals surface area contributed by atoms with Crippen molar-refractivity contribution in [3.63, 3.8) is 0 Å². The quantitative estimate of drug-likeness (QED) is 0.0321. The zero-order chi connectivity index (χ0) is 48.1. The molecule has 6 heteroatoms. The van der Waals surface area contributed by atoms with Crippen LogP contribution in [0.15, 0.2) is 48.6 Å². The highest BCUT2D eigenvalue weighted by Crippen LogP contribution is 2.18. The smallest absolute Gasteiger partial charge is 0.306 e. The third-order valence-electron chi connectivity index (χ3n) is 13.1. The van der Waals surface area contributed by atoms with E-state index in [2.05, 4.69) is 74.7 Å². The Hall–Kier alpha value is -2.18. The average molecular weight is 927 g/mol. The van der Waals surface area contributed by atoms with Crippen LogP contribution in [0.2, 0.25) is 0 Å². The Bertz CT molecular complexity index is 1130. The number of carbonyl (C=O) groups excluding carboxylic acids is 2. The summed E-state index contributed by atoms with van der Waals surface area (Å²) < 4.78 is 5.95. The van der Waals surface area contributed by atoms with E-state index in [1.807, 2.05) is 0 Å². The number of nitrogens with one attached hydrogen (secondary N) is 1. The number of aliphatic hydroxyl groups is 2. The van der Waals surface area contributed by atoms with E-state index in [4.69, 9.17) is 4.74 Å². The fourth-order valence-electron chi connectivity index (χ4n) is 8.73. The molecule has 3 atom stereocenters. The minimum atomic E-state index is -0.795. The molecular weight excluding hydrogens is 815 g/mol. The van der Waals surface area contributed by atoms with E-state index in [1.54, 1.807) is 0 Å². The summed E-state index contributed by atoms with van der Waals surface area (Å²) in [5.74, 6) is -0.490. The minimum Gasteiger partial charge on any atom is -0.462 e. The molecule has 0 radical (unpaired) electrons. The summed E-state index contributed by atoms with van der Waals surface area (Å²) in [7, 11) is 0. The minimum absolute atomic E-state index is 0.0623. The molecular formula is C60H111NO5. The number of rotatable bonds is 52. The van der Waals surface area contributed by atoms with Crippen molar-refractivity contribution in [3.05, 3.63) is 48.6 Å². The van der Waals surface area contributed by atoms with Gasteiger partial charge in [0.05, 0.1) is 25.2 Å². The van der Waals surface area contributed by atoms with Gasteiger partial charge in [0.2, 0.25) is 5.91 Å². The van der Waals surface area contributed by atoms with E-state index in [0.717, 1.165) is 83.5 Å². The van der Waals surface area contributed by atoms with E-state index >= 15 is 0 Å². The van der Waals surface area contributed by atoms with Crippen molar-refractivity contribution in [1.29, 1.82) is 0 Å². The Kier molecular flexibility index (Phi) is 52.0. The first-order valence-corrected chi connectivity index (χ1v) is 28.9. The lowest BCUT2D eigenvalue weighted by atomic mass is 10.0. The predicted octanol–water partition coefficient (Wildman–Crippen LogP) is 17.8. The lowest BCUT2D eigenvalue weighted by Gasteiger charge is -2.24. The van der Waals surface area contributed by atoms with Gasteiger partial charge in [-0.25, -0.2) is 0 Å². The lowest BCUT2D eigenvalue weighted by molar-refractivity contribution is -0.151. The van der Waals surface area contributed by atoms with Crippen LogP contribution < -0.4 is 5.32 Å². The standard InChI is InChI=1S/C60H111NO5/c1-4-7-10-13-16-19-22-25-27-29-31-34-36-39-42-45-48-51-56(66-60(65)53-50-47-44-41-38-35-32-30-28-26-23-20-17-14-11-8-5-2)54-59(64)61-57(55-62)58(63)52-49-46-43-40-37-33-24-21-18-15-12-9-6-3/h16,19,25-28,31,34,56-58,62-63H,4-15,17-18,20-24,29-30,32-33,35-55H2,1-3H3,(H,61,64)/b19-16-,27-25-,28-26+,34-31-. The topological polar surface area (TPSA) is 95.9 Å². The normalized spacial score (nSPS) is 13.5. The van der Waals surface area contributed by atoms with Crippen molar-refractivity contribution in [2.45, 2.75) is 315 Å². The average Bonchev–Trinajstić information content (AvgIpc) is 3.31. The Labute approximate surface area is 410 Å². The second-order valence-corrected chi connectivity index (χ2v) is 19.7. The van der Waals surface area contributed by atoms with Crippen LogP contribution in [-0.4, -0.2) is 46.9 Å². The van der Waals surface area contributed by atoms with Crippen LogP contribution in [0.1, 0.15) is 297 Å². The van der Waals surface area contributed by atoms with E-state index in [0.29, 0.717) is 19.3 Å². The first-order valence-electron chi connectivity index (χ1n) is 28.9. The van der Waals surface area contributed by atoms with E-state index in [-0.39, 0.29) is 24.9 Å². The van der Waals surface area contributed by atoms with E-state index in [9.17, 15) is 19.8 Å². The van der Waals surface area contributed by atoms with Crippen LogP contribution in [0.3, 0.4) is 0 Å². The Morgan fingerprint density at radius 3 is 1.21 bits per heavy atom. The van der Waals surface area contributed by atoms with Crippen molar-refractivity contribution in [3.8, 4) is 0 Å². The molecule has 1 amide bonds. The molecule has 0 aromatic rings. The number of unbranched alkanes of at least 4 members (excludes halogenated alkanes) is 32. The van der Waals surface area contributed by atoms with Crippen LogP contribution in [-0.2, 0) is 14.3 Å². The van der Waals surface area contributed by atoms with Crippen LogP contribution in [0, 0.1) is 0 Å². The van der Waals surface area contributed by atoms with Gasteiger partial charge in [0.1, 0.15) is 6.10 Å². The van der Waals surface area contributed by atoms with Crippen molar-refractivity contribution in [2.75, 3.05) is 6.61 Å². The highest BCUT2D eigenvalue weighted by molar-refractivity contribution is 5.77. The summed E-state index contributed by atoms with van der Waals surface area (Å²) in [6, 6.07) is -0.710. The predicted molar refractivity (Wildman–Crippen MR) is 287 cm³/mol. The van der Waals surface area contributed by atoms with Gasteiger partial charge in [-0.05, 0) is 89.9 Å². The SMILES string of the molecule is CCCCC/C=C\C/C=C\C/C=C\CCCCCCC(CC(=O)NC(CO)C(O)CCCCCCCCCCCCCCC)OC(=O)CCCCCCCCC/C=C/CCCCCCCC. The zero-order valence-electron chi connectivity index (χ0n) is 44.1. The molecule has 0 saturated heterocycles. The van der Waals surface area contributed by atoms with Gasteiger partial charge in [-0.3, -0.25) is 9.59 Å². The number of ether oxygens (including phenoxy) is 1. The lowest BCUT2D eigenvalue weighted by Crippen LogP contribution is -2.46. The number of esters is 1. The maximum Gasteiger partial charge on any atom is 0.306 e. The van der Waals surface area contributed by atoms with Gasteiger partial charge < -0.3 is 20.3 Å². The largest absolute Gasteiger partial charge is 0.462 e. The van der Waals surface area contributed by atoms with Gasteiger partial charge >= 0.3 is 5.97 Å². The molecule has 0 saturated carbocycles. The van der Waals surface area contributed by atoms with Crippen LogP contribution in [0.4, 0.5) is 0 Å². The summed E-state index contributed by atoms with van der Waals surface area (Å²) in [6.45, 7) is 6.47. The summed E-state index contributed by atoms with van der Waals surface area (Å²) >= 11 is 0. The summed E-state index contributed by atoms with van der Waals surface area (Å²) in [5.41, 5.74) is 0. The molecule has 0 heterocycles. The number of aliphatic hydroxyl groups excluding tert-OH is 2. The van der Waals surface area contributed by atoms with E-state index < -0.39 is 18.2 Å². The molecule has 0 fully saturated rings. The van der Waals surface area contributed by atoms with Crippen molar-refractivity contribution < 1.29 is 24.5 Å². The molecule has 3 unspecified atom stereocenters. The summed E-state index contributed by atoms with van der Waals surface area (Å²) in [5, 5.41) is 23.9. The highest BCUT2D eigenvalue weighted by atomic mass is 16.5. The molecule has 0 aromatic heterocycles. The molecule has 0 aliphatic rings. The first-order chi connectivity index (χ1) is 32.5. The Balaban J connectivity index is 4.61. The number of hydrogen-bond acceptors (Lipinski definition) is 5. The fourth-order valence-corrected chi connectivity index (χ4v) is 8.73. The number of carbonyl (C=O) groups is 2. The maximum atomic E-state index is 13.3. The zero-order valence-corrected chi connectivity index (χ0v) is 44.1. The molecule has 0 aliphatic carbocycles. The van der Waals surface area contributed by atoms with Gasteiger partial charge in [0, 0.05) is 6.42 Å². The van der Waals surface area contributed by atoms with Crippen molar-refractivity contribution in [1.82, 2.24) is 5.32 Å².